The molecule has 0 bridgehead atoms. The molecule has 10 nitrogen and oxygen atoms in total. The lowest BCUT2D eigenvalue weighted by atomic mass is 10.2. The molecule has 2 aromatic carbocycles. The number of hydrogen-bond donors (Lipinski definition) is 6. The summed E-state index contributed by atoms with van der Waals surface area (Å²) in [5, 5.41) is 12.8. The van der Waals surface area contributed by atoms with Crippen LogP contribution in [-0.2, 0) is 0 Å². The van der Waals surface area contributed by atoms with Crippen LogP contribution in [0.1, 0.15) is 36.8 Å². The lowest BCUT2D eigenvalue weighted by molar-refractivity contribution is 0.928. The normalized spacial score (nSPS) is 14.8. The standard InChI is InChI=1S/C28H36N10S2/c1-19-18-22(30-33-25-11-12-26(39-25)37-13-3-4-14-37)8-9-23(19)31-29-21-7-10-24(20(2)17-21)32-34-27-35-36-28(40-27)38-15-5-6-16-38/h7-12,17-18,29-33H,3-6,13-16H2,1-2H3,(H,34,35). The molecule has 2 aliphatic rings. The fraction of sp³-hybridized carbons (Fsp3) is 0.357. The first-order valence-corrected chi connectivity index (χ1v) is 15.4. The summed E-state index contributed by atoms with van der Waals surface area (Å²) in [6.45, 7) is 8.63. The summed E-state index contributed by atoms with van der Waals surface area (Å²) < 4.78 is 0. The Hall–Kier alpha value is -3.90. The van der Waals surface area contributed by atoms with Crippen molar-refractivity contribution in [2.75, 3.05) is 68.5 Å². The second-order valence-corrected chi connectivity index (χ2v) is 12.2. The highest BCUT2D eigenvalue weighted by Crippen LogP contribution is 2.32. The molecule has 2 aliphatic heterocycles. The predicted octanol–water partition coefficient (Wildman–Crippen LogP) is 6.73. The molecule has 2 aromatic heterocycles. The monoisotopic (exact) mass is 576 g/mol. The van der Waals surface area contributed by atoms with E-state index < -0.39 is 0 Å². The first-order chi connectivity index (χ1) is 19.6. The van der Waals surface area contributed by atoms with Crippen molar-refractivity contribution in [3.63, 3.8) is 0 Å². The van der Waals surface area contributed by atoms with Gasteiger partial charge in [0.2, 0.25) is 10.3 Å². The summed E-state index contributed by atoms with van der Waals surface area (Å²) in [6.07, 6.45) is 5.03. The van der Waals surface area contributed by atoms with Gasteiger partial charge >= 0.3 is 0 Å². The average Bonchev–Trinajstić information content (AvgIpc) is 3.78. The number of thiophene rings is 1. The van der Waals surface area contributed by atoms with Gasteiger partial charge in [-0.05, 0) is 99.2 Å². The Balaban J connectivity index is 0.981. The van der Waals surface area contributed by atoms with Gasteiger partial charge < -0.3 is 26.1 Å². The van der Waals surface area contributed by atoms with E-state index >= 15 is 0 Å². The summed E-state index contributed by atoms with van der Waals surface area (Å²) >= 11 is 3.36. The predicted molar refractivity (Wildman–Crippen MR) is 171 cm³/mol. The van der Waals surface area contributed by atoms with Crippen molar-refractivity contribution in [1.82, 2.24) is 10.2 Å². The van der Waals surface area contributed by atoms with Crippen LogP contribution in [-0.4, -0.2) is 36.4 Å². The van der Waals surface area contributed by atoms with Gasteiger partial charge in [0.05, 0.1) is 27.8 Å². The zero-order chi connectivity index (χ0) is 27.3. The highest BCUT2D eigenvalue weighted by molar-refractivity contribution is 7.20. The van der Waals surface area contributed by atoms with Gasteiger partial charge in [0, 0.05) is 26.2 Å². The number of benzene rings is 2. The van der Waals surface area contributed by atoms with Gasteiger partial charge in [-0.1, -0.05) is 22.7 Å². The van der Waals surface area contributed by atoms with E-state index in [1.165, 1.54) is 30.7 Å². The molecule has 12 heteroatoms. The van der Waals surface area contributed by atoms with Gasteiger partial charge in [-0.2, -0.15) is 0 Å². The Labute approximate surface area is 243 Å². The zero-order valence-corrected chi connectivity index (χ0v) is 24.5. The number of aromatic nitrogens is 2. The lowest BCUT2D eigenvalue weighted by Crippen LogP contribution is -2.17. The largest absolute Gasteiger partial charge is 0.363 e. The van der Waals surface area contributed by atoms with Crippen LogP contribution in [0.2, 0.25) is 0 Å². The maximum Gasteiger partial charge on any atom is 0.225 e. The Morgan fingerprint density at radius 3 is 1.85 bits per heavy atom. The summed E-state index contributed by atoms with van der Waals surface area (Å²) in [4.78, 5) is 4.75. The van der Waals surface area contributed by atoms with Crippen LogP contribution in [0.4, 0.5) is 43.0 Å². The van der Waals surface area contributed by atoms with Crippen molar-refractivity contribution in [2.45, 2.75) is 39.5 Å². The van der Waals surface area contributed by atoms with Gasteiger partial charge in [-0.25, -0.2) is 0 Å². The van der Waals surface area contributed by atoms with Gasteiger partial charge in [0.1, 0.15) is 5.00 Å². The molecule has 0 spiro atoms. The molecule has 0 atom stereocenters. The maximum absolute atomic E-state index is 4.32. The molecule has 2 saturated heterocycles. The number of aryl methyl sites for hydroxylation is 2. The smallest absolute Gasteiger partial charge is 0.225 e. The zero-order valence-electron chi connectivity index (χ0n) is 22.9. The van der Waals surface area contributed by atoms with Gasteiger partial charge in [-0.15, -0.1) is 10.2 Å². The minimum Gasteiger partial charge on any atom is -0.363 e. The molecule has 0 aliphatic carbocycles. The number of hydrogen-bond acceptors (Lipinski definition) is 12. The van der Waals surface area contributed by atoms with E-state index in [1.807, 2.05) is 12.1 Å². The third-order valence-corrected chi connectivity index (χ3v) is 9.19. The Morgan fingerprint density at radius 2 is 1.20 bits per heavy atom. The molecule has 40 heavy (non-hydrogen) atoms. The second kappa shape index (κ2) is 12.1. The van der Waals surface area contributed by atoms with Gasteiger partial charge in [0.25, 0.3) is 0 Å². The quantitative estimate of drug-likeness (QED) is 0.108. The summed E-state index contributed by atoms with van der Waals surface area (Å²) in [5.41, 5.74) is 26.0. The van der Waals surface area contributed by atoms with Crippen molar-refractivity contribution in [3.8, 4) is 0 Å². The van der Waals surface area contributed by atoms with E-state index in [2.05, 4.69) is 103 Å². The van der Waals surface area contributed by atoms with Crippen LogP contribution in [0.3, 0.4) is 0 Å². The number of anilines is 8. The SMILES string of the molecule is Cc1cc(NNc2ccc(N3CCCC3)s2)ccc1NNc1ccc(NNc2nnc(N3CCCC3)s2)c(C)c1. The topological polar surface area (TPSA) is 104 Å². The van der Waals surface area contributed by atoms with Gasteiger partial charge in [0.15, 0.2) is 0 Å². The van der Waals surface area contributed by atoms with Crippen molar-refractivity contribution in [2.24, 2.45) is 0 Å². The second-order valence-electron chi connectivity index (χ2n) is 10.2. The van der Waals surface area contributed by atoms with Crippen molar-refractivity contribution < 1.29 is 0 Å². The molecule has 210 valence electrons. The van der Waals surface area contributed by atoms with Crippen molar-refractivity contribution in [3.05, 3.63) is 59.7 Å². The number of rotatable bonds is 11. The fourth-order valence-corrected chi connectivity index (χ4v) is 6.62. The molecule has 2 fully saturated rings. The molecular formula is C28H36N10S2. The molecular weight excluding hydrogens is 541 g/mol. The van der Waals surface area contributed by atoms with Crippen LogP contribution in [0.25, 0.3) is 0 Å². The van der Waals surface area contributed by atoms with E-state index in [0.29, 0.717) is 0 Å². The molecule has 0 unspecified atom stereocenters. The summed E-state index contributed by atoms with van der Waals surface area (Å²) in [6, 6.07) is 16.8. The molecule has 0 amide bonds. The van der Waals surface area contributed by atoms with Crippen molar-refractivity contribution in [1.29, 1.82) is 0 Å². The number of nitrogens with one attached hydrogen (secondary N) is 6. The lowest BCUT2D eigenvalue weighted by Gasteiger charge is -2.16. The van der Waals surface area contributed by atoms with Crippen LogP contribution >= 0.6 is 22.7 Å². The van der Waals surface area contributed by atoms with E-state index in [1.54, 1.807) is 22.7 Å². The third-order valence-electron chi connectivity index (χ3n) is 7.23. The Bertz CT molecular complexity index is 1420. The summed E-state index contributed by atoms with van der Waals surface area (Å²) in [7, 11) is 0. The number of hydrazine groups is 3. The van der Waals surface area contributed by atoms with Crippen LogP contribution < -0.4 is 42.4 Å². The first-order valence-electron chi connectivity index (χ1n) is 13.8. The Morgan fingerprint density at radius 1 is 0.600 bits per heavy atom. The molecule has 0 radical (unpaired) electrons. The average molecular weight is 577 g/mol. The highest BCUT2D eigenvalue weighted by Gasteiger charge is 2.17. The highest BCUT2D eigenvalue weighted by atomic mass is 32.1. The van der Waals surface area contributed by atoms with Crippen LogP contribution in [0, 0.1) is 13.8 Å². The minimum atomic E-state index is 0.760. The fourth-order valence-electron chi connectivity index (χ4n) is 4.96. The first kappa shape index (κ1) is 26.3. The van der Waals surface area contributed by atoms with Gasteiger partial charge in [-0.3, -0.25) is 16.3 Å². The molecule has 0 saturated carbocycles. The van der Waals surface area contributed by atoms with Crippen molar-refractivity contribution >= 4 is 65.7 Å². The molecule has 4 aromatic rings. The van der Waals surface area contributed by atoms with Crippen LogP contribution in [0.5, 0.6) is 0 Å². The molecule has 6 N–H and O–H groups in total. The van der Waals surface area contributed by atoms with E-state index in [4.69, 9.17) is 0 Å². The minimum absolute atomic E-state index is 0.760. The molecule has 4 heterocycles. The van der Waals surface area contributed by atoms with E-state index in [0.717, 1.165) is 75.3 Å². The van der Waals surface area contributed by atoms with Crippen LogP contribution in [0.15, 0.2) is 48.5 Å². The molecule has 6 rings (SSSR count). The van der Waals surface area contributed by atoms with E-state index in [9.17, 15) is 0 Å². The summed E-state index contributed by atoms with van der Waals surface area (Å²) in [5.74, 6) is 0. The Kier molecular flexibility index (Phi) is 7.96. The number of nitrogens with zero attached hydrogens (tertiary/aromatic N) is 4. The van der Waals surface area contributed by atoms with E-state index in [-0.39, 0.29) is 0 Å². The maximum atomic E-state index is 4.32. The third kappa shape index (κ3) is 6.28.